The van der Waals surface area contributed by atoms with E-state index in [-0.39, 0.29) is 5.56 Å². The molecule has 0 radical (unpaired) electrons. The molecule has 1 fully saturated rings. The van der Waals surface area contributed by atoms with Gasteiger partial charge in [-0.3, -0.25) is 4.79 Å². The summed E-state index contributed by atoms with van der Waals surface area (Å²) < 4.78 is 1.82. The Bertz CT molecular complexity index is 697. The molecule has 1 N–H and O–H groups in total. The van der Waals surface area contributed by atoms with Gasteiger partial charge in [0.25, 0.3) is 5.56 Å². The Balaban J connectivity index is 1.61. The highest BCUT2D eigenvalue weighted by Gasteiger charge is 2.12. The molecule has 1 aliphatic rings. The van der Waals surface area contributed by atoms with E-state index in [1.807, 2.05) is 47.2 Å². The van der Waals surface area contributed by atoms with Crippen molar-refractivity contribution in [3.05, 3.63) is 70.1 Å². The van der Waals surface area contributed by atoms with Gasteiger partial charge < -0.3 is 9.88 Å². The van der Waals surface area contributed by atoms with Crippen LogP contribution < -0.4 is 10.9 Å². The molecule has 120 valence electrons. The molecule has 1 aliphatic heterocycles. The monoisotopic (exact) mass is 308 g/mol. The van der Waals surface area contributed by atoms with Gasteiger partial charge in [-0.05, 0) is 43.0 Å². The summed E-state index contributed by atoms with van der Waals surface area (Å²) in [7, 11) is 0. The molecule has 3 rings (SSSR count). The van der Waals surface area contributed by atoms with E-state index in [0.717, 1.165) is 30.6 Å². The summed E-state index contributed by atoms with van der Waals surface area (Å²) in [5, 5.41) is 3.53. The van der Waals surface area contributed by atoms with E-state index in [2.05, 4.69) is 17.4 Å². The Morgan fingerprint density at radius 1 is 1.09 bits per heavy atom. The number of piperidine rings is 1. The molecule has 1 aromatic heterocycles. The van der Waals surface area contributed by atoms with Crippen LogP contribution in [0.2, 0.25) is 0 Å². The van der Waals surface area contributed by atoms with E-state index in [4.69, 9.17) is 0 Å². The minimum absolute atomic E-state index is 0.0796. The molecule has 0 spiro atoms. The Morgan fingerprint density at radius 3 is 2.65 bits per heavy atom. The van der Waals surface area contributed by atoms with Crippen molar-refractivity contribution in [3.63, 3.8) is 0 Å². The van der Waals surface area contributed by atoms with Crippen LogP contribution in [-0.2, 0) is 6.54 Å². The van der Waals surface area contributed by atoms with Crippen molar-refractivity contribution in [2.45, 2.75) is 38.3 Å². The molecule has 23 heavy (non-hydrogen) atoms. The highest BCUT2D eigenvalue weighted by molar-refractivity contribution is 5.69. The summed E-state index contributed by atoms with van der Waals surface area (Å²) in [6.45, 7) is 1.90. The summed E-state index contributed by atoms with van der Waals surface area (Å²) in [4.78, 5) is 12.2. The van der Waals surface area contributed by atoms with Crippen LogP contribution in [0, 0.1) is 0 Å². The second kappa shape index (κ2) is 7.93. The van der Waals surface area contributed by atoms with Crippen molar-refractivity contribution >= 4 is 12.2 Å². The quantitative estimate of drug-likeness (QED) is 0.916. The van der Waals surface area contributed by atoms with Crippen LogP contribution in [0.25, 0.3) is 12.2 Å². The molecule has 1 unspecified atom stereocenters. The fourth-order valence-electron chi connectivity index (χ4n) is 3.03. The zero-order valence-corrected chi connectivity index (χ0v) is 13.4. The van der Waals surface area contributed by atoms with Gasteiger partial charge in [0, 0.05) is 24.8 Å². The molecule has 0 saturated carbocycles. The van der Waals surface area contributed by atoms with E-state index in [0.29, 0.717) is 6.04 Å². The van der Waals surface area contributed by atoms with Crippen LogP contribution in [-0.4, -0.2) is 17.2 Å². The lowest BCUT2D eigenvalue weighted by Crippen LogP contribution is -2.35. The third kappa shape index (κ3) is 4.67. The number of aromatic nitrogens is 1. The van der Waals surface area contributed by atoms with Gasteiger partial charge in [0.15, 0.2) is 0 Å². The lowest BCUT2D eigenvalue weighted by molar-refractivity contribution is 0.365. The molecule has 2 aromatic rings. The number of hydrogen-bond acceptors (Lipinski definition) is 2. The molecule has 3 nitrogen and oxygen atoms in total. The van der Waals surface area contributed by atoms with Gasteiger partial charge in [-0.25, -0.2) is 0 Å². The molecule has 1 saturated heterocycles. The predicted octanol–water partition coefficient (Wildman–Crippen LogP) is 3.55. The molecule has 2 heterocycles. The predicted molar refractivity (Wildman–Crippen MR) is 96.3 cm³/mol. The summed E-state index contributed by atoms with van der Waals surface area (Å²) in [6.07, 6.45) is 10.8. The van der Waals surface area contributed by atoms with Gasteiger partial charge in [0.2, 0.25) is 0 Å². The normalized spacial score (nSPS) is 18.3. The van der Waals surface area contributed by atoms with Crippen molar-refractivity contribution in [3.8, 4) is 0 Å². The molecule has 0 aliphatic carbocycles. The first-order valence-corrected chi connectivity index (χ1v) is 8.48. The second-order valence-electron chi connectivity index (χ2n) is 6.17. The zero-order valence-electron chi connectivity index (χ0n) is 13.4. The molecule has 0 amide bonds. The SMILES string of the molecule is O=c1cc(/C=C/c2ccccc2)ccn1CCC1CCCCN1. The summed E-state index contributed by atoms with van der Waals surface area (Å²) in [6, 6.07) is 14.4. The van der Waals surface area contributed by atoms with E-state index < -0.39 is 0 Å². The van der Waals surface area contributed by atoms with Crippen molar-refractivity contribution in [2.75, 3.05) is 6.54 Å². The van der Waals surface area contributed by atoms with E-state index in [1.165, 1.54) is 19.3 Å². The number of rotatable bonds is 5. The Labute approximate surface area is 137 Å². The molecule has 1 atom stereocenters. The van der Waals surface area contributed by atoms with Crippen LogP contribution in [0.15, 0.2) is 53.5 Å². The van der Waals surface area contributed by atoms with Crippen LogP contribution >= 0.6 is 0 Å². The van der Waals surface area contributed by atoms with E-state index in [9.17, 15) is 4.79 Å². The second-order valence-corrected chi connectivity index (χ2v) is 6.17. The number of aryl methyl sites for hydroxylation is 1. The fraction of sp³-hybridized carbons (Fsp3) is 0.350. The smallest absolute Gasteiger partial charge is 0.251 e. The minimum Gasteiger partial charge on any atom is -0.315 e. The Morgan fingerprint density at radius 2 is 1.91 bits per heavy atom. The maximum Gasteiger partial charge on any atom is 0.251 e. The van der Waals surface area contributed by atoms with Crippen LogP contribution in [0.4, 0.5) is 0 Å². The largest absolute Gasteiger partial charge is 0.315 e. The maximum atomic E-state index is 12.2. The van der Waals surface area contributed by atoms with Crippen molar-refractivity contribution < 1.29 is 0 Å². The number of hydrogen-bond donors (Lipinski definition) is 1. The molecule has 3 heteroatoms. The fourth-order valence-corrected chi connectivity index (χ4v) is 3.03. The third-order valence-electron chi connectivity index (χ3n) is 4.42. The van der Waals surface area contributed by atoms with Gasteiger partial charge in [-0.15, -0.1) is 0 Å². The van der Waals surface area contributed by atoms with Crippen molar-refractivity contribution in [1.82, 2.24) is 9.88 Å². The Hall–Kier alpha value is -2.13. The van der Waals surface area contributed by atoms with Gasteiger partial charge >= 0.3 is 0 Å². The number of pyridine rings is 1. The first-order valence-electron chi connectivity index (χ1n) is 8.48. The van der Waals surface area contributed by atoms with Gasteiger partial charge in [-0.2, -0.15) is 0 Å². The highest BCUT2D eigenvalue weighted by Crippen LogP contribution is 2.11. The summed E-state index contributed by atoms with van der Waals surface area (Å²) in [5.74, 6) is 0. The van der Waals surface area contributed by atoms with Crippen molar-refractivity contribution in [2.24, 2.45) is 0 Å². The number of nitrogens with one attached hydrogen (secondary N) is 1. The first kappa shape index (κ1) is 15.8. The van der Waals surface area contributed by atoms with Crippen LogP contribution in [0.3, 0.4) is 0 Å². The molecule has 0 bridgehead atoms. The molecular formula is C20H24N2O. The third-order valence-corrected chi connectivity index (χ3v) is 4.42. The van der Waals surface area contributed by atoms with Crippen LogP contribution in [0.1, 0.15) is 36.8 Å². The molecular weight excluding hydrogens is 284 g/mol. The Kier molecular flexibility index (Phi) is 5.43. The average Bonchev–Trinajstić information content (AvgIpc) is 2.61. The maximum absolute atomic E-state index is 12.2. The standard InChI is InChI=1S/C20H24N2O/c23-20-16-18(10-9-17-6-2-1-3-7-17)11-14-22(20)15-12-19-8-4-5-13-21-19/h1-3,6-7,9-11,14,16,19,21H,4-5,8,12-13,15H2/b10-9+. The van der Waals surface area contributed by atoms with Gasteiger partial charge in [0.05, 0.1) is 0 Å². The zero-order chi connectivity index (χ0) is 15.9. The topological polar surface area (TPSA) is 34.0 Å². The van der Waals surface area contributed by atoms with E-state index in [1.54, 1.807) is 6.07 Å². The average molecular weight is 308 g/mol. The lowest BCUT2D eigenvalue weighted by atomic mass is 10.0. The van der Waals surface area contributed by atoms with Gasteiger partial charge in [0.1, 0.15) is 0 Å². The van der Waals surface area contributed by atoms with Crippen molar-refractivity contribution in [1.29, 1.82) is 0 Å². The lowest BCUT2D eigenvalue weighted by Gasteiger charge is -2.23. The number of nitrogens with zero attached hydrogens (tertiary/aromatic N) is 1. The van der Waals surface area contributed by atoms with E-state index >= 15 is 0 Å². The minimum atomic E-state index is 0.0796. The highest BCUT2D eigenvalue weighted by atomic mass is 16.1. The van der Waals surface area contributed by atoms with Crippen LogP contribution in [0.5, 0.6) is 0 Å². The first-order chi connectivity index (χ1) is 11.3. The van der Waals surface area contributed by atoms with Gasteiger partial charge in [-0.1, -0.05) is 48.9 Å². The number of benzene rings is 1. The summed E-state index contributed by atoms with van der Waals surface area (Å²) >= 11 is 0. The summed E-state index contributed by atoms with van der Waals surface area (Å²) in [5.41, 5.74) is 2.17. The molecule has 1 aromatic carbocycles.